The van der Waals surface area contributed by atoms with E-state index in [1.54, 1.807) is 37.3 Å². The van der Waals surface area contributed by atoms with Crippen LogP contribution in [0.25, 0.3) is 0 Å². The number of ketones is 1. The average molecular weight is 362 g/mol. The number of Topliss-reactive ketones (excluding diaryl/α,β-unsaturated/α-hetero) is 1. The summed E-state index contributed by atoms with van der Waals surface area (Å²) in [6.07, 6.45) is -0.621. The van der Waals surface area contributed by atoms with Crippen molar-refractivity contribution in [1.29, 1.82) is 0 Å². The normalized spacial score (nSPS) is 10.9. The monoisotopic (exact) mass is 362 g/mol. The van der Waals surface area contributed by atoms with Crippen LogP contribution < -0.4 is 10.0 Å². The van der Waals surface area contributed by atoms with Gasteiger partial charge in [-0.1, -0.05) is 30.3 Å². The molecule has 0 fully saturated rings. The number of anilines is 1. The lowest BCUT2D eigenvalue weighted by atomic mass is 10.1. The van der Waals surface area contributed by atoms with E-state index < -0.39 is 16.1 Å². The number of amides is 1. The van der Waals surface area contributed by atoms with Crippen LogP contribution in [0.5, 0.6) is 0 Å². The molecule has 0 saturated carbocycles. The topological polar surface area (TPSA) is 102 Å². The molecule has 0 heterocycles. The molecule has 2 N–H and O–H groups in total. The van der Waals surface area contributed by atoms with Gasteiger partial charge in [-0.25, -0.2) is 17.9 Å². The molecule has 2 aromatic rings. The fourth-order valence-electron chi connectivity index (χ4n) is 1.97. The lowest BCUT2D eigenvalue weighted by Crippen LogP contribution is -2.29. The van der Waals surface area contributed by atoms with Gasteiger partial charge in [0.2, 0.25) is 10.0 Å². The number of benzene rings is 2. The summed E-state index contributed by atoms with van der Waals surface area (Å²) < 4.78 is 31.5. The second-order valence-electron chi connectivity index (χ2n) is 4.98. The van der Waals surface area contributed by atoms with Gasteiger partial charge in [0.1, 0.15) is 0 Å². The zero-order valence-corrected chi connectivity index (χ0v) is 14.4. The third kappa shape index (κ3) is 5.40. The molecule has 1 amide bonds. The molecular weight excluding hydrogens is 344 g/mol. The van der Waals surface area contributed by atoms with Crippen molar-refractivity contribution in [2.24, 2.45) is 0 Å². The summed E-state index contributed by atoms with van der Waals surface area (Å²) in [5.74, 6) is -0.329. The van der Waals surface area contributed by atoms with Crippen molar-refractivity contribution in [3.63, 3.8) is 0 Å². The van der Waals surface area contributed by atoms with Crippen molar-refractivity contribution in [3.05, 3.63) is 60.2 Å². The van der Waals surface area contributed by atoms with Crippen LogP contribution in [0, 0.1) is 0 Å². The predicted octanol–water partition coefficient (Wildman–Crippen LogP) is 2.42. The molecule has 0 unspecified atom stereocenters. The fourth-order valence-corrected chi connectivity index (χ4v) is 2.95. The molecule has 25 heavy (non-hydrogen) atoms. The van der Waals surface area contributed by atoms with Gasteiger partial charge in [0.25, 0.3) is 0 Å². The van der Waals surface area contributed by atoms with Gasteiger partial charge >= 0.3 is 6.09 Å². The van der Waals surface area contributed by atoms with Gasteiger partial charge in [0.15, 0.2) is 5.78 Å². The minimum absolute atomic E-state index is 0.0113. The van der Waals surface area contributed by atoms with E-state index >= 15 is 0 Å². The Kier molecular flexibility index (Phi) is 6.26. The third-order valence-corrected chi connectivity index (χ3v) is 4.62. The Morgan fingerprint density at radius 1 is 1.00 bits per heavy atom. The molecule has 0 radical (unpaired) electrons. The van der Waals surface area contributed by atoms with E-state index in [1.165, 1.54) is 24.3 Å². The molecule has 132 valence electrons. The van der Waals surface area contributed by atoms with Gasteiger partial charge in [-0.2, -0.15) is 0 Å². The summed E-state index contributed by atoms with van der Waals surface area (Å²) in [6.45, 7) is 1.57. The molecule has 0 spiro atoms. The molecule has 0 atom stereocenters. The Balaban J connectivity index is 1.99. The molecular formula is C17H18N2O5S. The molecule has 8 heteroatoms. The Morgan fingerprint density at radius 2 is 1.64 bits per heavy atom. The number of hydrogen-bond acceptors (Lipinski definition) is 5. The SMILES string of the molecule is CCOC(=O)Nc1ccc(S(=O)(=O)NCC(=O)c2ccccc2)cc1. The highest BCUT2D eigenvalue weighted by molar-refractivity contribution is 7.89. The van der Waals surface area contributed by atoms with Crippen molar-refractivity contribution < 1.29 is 22.7 Å². The van der Waals surface area contributed by atoms with E-state index in [1.807, 2.05) is 0 Å². The van der Waals surface area contributed by atoms with Gasteiger partial charge in [0.05, 0.1) is 18.0 Å². The first kappa shape index (κ1) is 18.6. The van der Waals surface area contributed by atoms with Crippen molar-refractivity contribution in [3.8, 4) is 0 Å². The molecule has 0 aliphatic carbocycles. The zero-order valence-electron chi connectivity index (χ0n) is 13.6. The van der Waals surface area contributed by atoms with Crippen LogP contribution in [0.15, 0.2) is 59.5 Å². The van der Waals surface area contributed by atoms with Crippen molar-refractivity contribution in [2.45, 2.75) is 11.8 Å². The van der Waals surface area contributed by atoms with Crippen LogP contribution in [0.4, 0.5) is 10.5 Å². The minimum atomic E-state index is -3.83. The van der Waals surface area contributed by atoms with Crippen LogP contribution >= 0.6 is 0 Å². The van der Waals surface area contributed by atoms with Crippen LogP contribution in [0.1, 0.15) is 17.3 Å². The number of carbonyl (C=O) groups excluding carboxylic acids is 2. The number of carbonyl (C=O) groups is 2. The van der Waals surface area contributed by atoms with Crippen LogP contribution in [-0.2, 0) is 14.8 Å². The second-order valence-corrected chi connectivity index (χ2v) is 6.75. The molecule has 7 nitrogen and oxygen atoms in total. The molecule has 0 aliphatic heterocycles. The van der Waals surface area contributed by atoms with E-state index in [0.29, 0.717) is 11.3 Å². The molecule has 0 bridgehead atoms. The van der Waals surface area contributed by atoms with Gasteiger partial charge in [-0.15, -0.1) is 0 Å². The summed E-state index contributed by atoms with van der Waals surface area (Å²) in [4.78, 5) is 23.3. The maximum Gasteiger partial charge on any atom is 0.411 e. The van der Waals surface area contributed by atoms with Crippen molar-refractivity contribution in [2.75, 3.05) is 18.5 Å². The molecule has 2 rings (SSSR count). The van der Waals surface area contributed by atoms with Crippen LogP contribution in [0.3, 0.4) is 0 Å². The molecule has 0 aromatic heterocycles. The summed E-state index contributed by atoms with van der Waals surface area (Å²) in [6, 6.07) is 13.9. The van der Waals surface area contributed by atoms with Gasteiger partial charge < -0.3 is 4.74 Å². The smallest absolute Gasteiger partial charge is 0.411 e. The van der Waals surface area contributed by atoms with Crippen molar-refractivity contribution in [1.82, 2.24) is 4.72 Å². The highest BCUT2D eigenvalue weighted by Gasteiger charge is 2.16. The standard InChI is InChI=1S/C17H18N2O5S/c1-2-24-17(21)19-14-8-10-15(11-9-14)25(22,23)18-12-16(20)13-6-4-3-5-7-13/h3-11,18H,2,12H2,1H3,(H,19,21). The Labute approximate surface area is 146 Å². The third-order valence-electron chi connectivity index (χ3n) is 3.20. The molecule has 2 aromatic carbocycles. The van der Waals surface area contributed by atoms with E-state index in [9.17, 15) is 18.0 Å². The van der Waals surface area contributed by atoms with Gasteiger partial charge in [-0.3, -0.25) is 10.1 Å². The number of sulfonamides is 1. The minimum Gasteiger partial charge on any atom is -0.450 e. The lowest BCUT2D eigenvalue weighted by Gasteiger charge is -2.08. The van der Waals surface area contributed by atoms with E-state index in [4.69, 9.17) is 4.74 Å². The maximum atomic E-state index is 12.2. The number of rotatable bonds is 7. The first-order chi connectivity index (χ1) is 11.9. The fraction of sp³-hybridized carbons (Fsp3) is 0.176. The Hall–Kier alpha value is -2.71. The highest BCUT2D eigenvalue weighted by atomic mass is 32.2. The molecule has 0 aliphatic rings. The first-order valence-electron chi connectivity index (χ1n) is 7.54. The summed E-state index contributed by atoms with van der Waals surface area (Å²) in [7, 11) is -3.83. The van der Waals surface area contributed by atoms with Crippen LogP contribution in [-0.4, -0.2) is 33.4 Å². The summed E-state index contributed by atoms with van der Waals surface area (Å²) in [5.41, 5.74) is 0.831. The Morgan fingerprint density at radius 3 is 2.24 bits per heavy atom. The number of nitrogens with one attached hydrogen (secondary N) is 2. The van der Waals surface area contributed by atoms with Crippen LogP contribution in [0.2, 0.25) is 0 Å². The quantitative estimate of drug-likeness (QED) is 0.737. The van der Waals surface area contributed by atoms with Crippen molar-refractivity contribution >= 4 is 27.6 Å². The number of hydrogen-bond donors (Lipinski definition) is 2. The van der Waals surface area contributed by atoms with E-state index in [-0.39, 0.29) is 23.8 Å². The number of ether oxygens (including phenoxy) is 1. The van der Waals surface area contributed by atoms with E-state index in [2.05, 4.69) is 10.0 Å². The second kappa shape index (κ2) is 8.41. The lowest BCUT2D eigenvalue weighted by molar-refractivity contribution is 0.0997. The largest absolute Gasteiger partial charge is 0.450 e. The molecule has 0 saturated heterocycles. The predicted molar refractivity (Wildman–Crippen MR) is 93.0 cm³/mol. The summed E-state index contributed by atoms with van der Waals surface area (Å²) >= 11 is 0. The summed E-state index contributed by atoms with van der Waals surface area (Å²) in [5, 5.41) is 2.46. The first-order valence-corrected chi connectivity index (χ1v) is 9.02. The highest BCUT2D eigenvalue weighted by Crippen LogP contribution is 2.14. The average Bonchev–Trinajstić information content (AvgIpc) is 2.61. The van der Waals surface area contributed by atoms with E-state index in [0.717, 1.165) is 0 Å². The maximum absolute atomic E-state index is 12.2. The Bertz CT molecular complexity index is 833. The van der Waals surface area contributed by atoms with Gasteiger partial charge in [0, 0.05) is 11.3 Å². The van der Waals surface area contributed by atoms with Gasteiger partial charge in [-0.05, 0) is 31.2 Å². The zero-order chi connectivity index (χ0) is 18.3.